The summed E-state index contributed by atoms with van der Waals surface area (Å²) < 4.78 is 5.64. The third-order valence-corrected chi connectivity index (χ3v) is 4.00. The van der Waals surface area contributed by atoms with Crippen LogP contribution in [0.4, 0.5) is 5.69 Å². The molecule has 1 amide bonds. The van der Waals surface area contributed by atoms with Crippen molar-refractivity contribution in [1.82, 2.24) is 5.43 Å². The fourth-order valence-electron chi connectivity index (χ4n) is 2.51. The first-order valence-electron chi connectivity index (χ1n) is 8.40. The number of carbonyl (C=O) groups excluding carboxylic acids is 1. The van der Waals surface area contributed by atoms with Crippen molar-refractivity contribution < 1.29 is 19.6 Å². The first-order chi connectivity index (χ1) is 13.4. The topological polar surface area (TPSA) is 114 Å². The number of carbonyl (C=O) groups is 1. The average Bonchev–Trinajstić information content (AvgIpc) is 2.69. The number of non-ortho nitro benzene ring substituents is 1. The highest BCUT2D eigenvalue weighted by Gasteiger charge is 2.14. The summed E-state index contributed by atoms with van der Waals surface area (Å²) in [6.45, 7) is 1.57. The summed E-state index contributed by atoms with van der Waals surface area (Å²) >= 11 is 0. The van der Waals surface area contributed by atoms with E-state index in [9.17, 15) is 20.0 Å². The predicted molar refractivity (Wildman–Crippen MR) is 105 cm³/mol. The molecule has 0 saturated carbocycles. The molecule has 0 saturated heterocycles. The molecule has 0 aliphatic heterocycles. The minimum Gasteiger partial charge on any atom is -0.507 e. The van der Waals surface area contributed by atoms with Crippen molar-refractivity contribution >= 4 is 28.6 Å². The van der Waals surface area contributed by atoms with Crippen LogP contribution in [0.5, 0.6) is 11.5 Å². The lowest BCUT2D eigenvalue weighted by molar-refractivity contribution is -0.384. The normalized spacial score (nSPS) is 12.0. The number of fused-ring (bicyclic) bond motifs is 1. The lowest BCUT2D eigenvalue weighted by Gasteiger charge is -2.13. The largest absolute Gasteiger partial charge is 0.507 e. The van der Waals surface area contributed by atoms with Crippen molar-refractivity contribution in [3.8, 4) is 11.5 Å². The van der Waals surface area contributed by atoms with E-state index >= 15 is 0 Å². The van der Waals surface area contributed by atoms with Crippen molar-refractivity contribution in [2.24, 2.45) is 5.10 Å². The number of phenols is 1. The molecule has 0 bridgehead atoms. The Balaban J connectivity index is 1.63. The molecule has 0 fully saturated rings. The van der Waals surface area contributed by atoms with Crippen molar-refractivity contribution in [3.05, 3.63) is 76.3 Å². The maximum Gasteiger partial charge on any atom is 0.280 e. The van der Waals surface area contributed by atoms with Crippen molar-refractivity contribution in [3.63, 3.8) is 0 Å². The van der Waals surface area contributed by atoms with Crippen LogP contribution in [-0.2, 0) is 4.79 Å². The Morgan fingerprint density at radius 1 is 1.18 bits per heavy atom. The van der Waals surface area contributed by atoms with Gasteiger partial charge in [0, 0.05) is 17.7 Å². The van der Waals surface area contributed by atoms with Crippen molar-refractivity contribution in [2.75, 3.05) is 0 Å². The Morgan fingerprint density at radius 3 is 2.68 bits per heavy atom. The summed E-state index contributed by atoms with van der Waals surface area (Å²) in [5.74, 6) is -0.153. The van der Waals surface area contributed by atoms with Crippen LogP contribution in [0.2, 0.25) is 0 Å². The number of rotatable bonds is 6. The molecule has 1 atom stereocenters. The average molecular weight is 379 g/mol. The van der Waals surface area contributed by atoms with E-state index < -0.39 is 16.9 Å². The number of phenolic OH excluding ortho intramolecular Hbond substituents is 1. The first kappa shape index (κ1) is 18.8. The van der Waals surface area contributed by atoms with Crippen molar-refractivity contribution in [1.29, 1.82) is 0 Å². The highest BCUT2D eigenvalue weighted by Crippen LogP contribution is 2.22. The summed E-state index contributed by atoms with van der Waals surface area (Å²) in [6.07, 6.45) is 0.306. The Morgan fingerprint density at radius 2 is 1.93 bits per heavy atom. The van der Waals surface area contributed by atoms with Crippen molar-refractivity contribution in [2.45, 2.75) is 13.0 Å². The second-order valence-corrected chi connectivity index (χ2v) is 6.00. The number of amides is 1. The van der Waals surface area contributed by atoms with E-state index in [0.717, 1.165) is 23.1 Å². The van der Waals surface area contributed by atoms with Crippen LogP contribution in [0.1, 0.15) is 12.5 Å². The third kappa shape index (κ3) is 4.42. The molecule has 0 spiro atoms. The molecule has 2 N–H and O–H groups in total. The van der Waals surface area contributed by atoms with Gasteiger partial charge in [-0.15, -0.1) is 0 Å². The van der Waals surface area contributed by atoms with Gasteiger partial charge in [-0.1, -0.05) is 30.3 Å². The number of aromatic hydroxyl groups is 1. The van der Waals surface area contributed by atoms with Gasteiger partial charge in [0.25, 0.3) is 11.6 Å². The predicted octanol–water partition coefficient (Wildman–Crippen LogP) is 3.37. The molecule has 0 aromatic heterocycles. The number of nitrogens with zero attached hydrogens (tertiary/aromatic N) is 2. The first-order valence-corrected chi connectivity index (χ1v) is 8.40. The van der Waals surface area contributed by atoms with Gasteiger partial charge in [-0.2, -0.15) is 5.10 Å². The highest BCUT2D eigenvalue weighted by molar-refractivity contribution is 5.87. The zero-order chi connectivity index (χ0) is 20.1. The molecule has 0 aliphatic rings. The molecule has 0 aliphatic carbocycles. The Hall–Kier alpha value is -3.94. The molecule has 0 heterocycles. The second-order valence-electron chi connectivity index (χ2n) is 6.00. The Kier molecular flexibility index (Phi) is 5.50. The summed E-state index contributed by atoms with van der Waals surface area (Å²) in [7, 11) is 0. The van der Waals surface area contributed by atoms with Gasteiger partial charge in [-0.25, -0.2) is 5.43 Å². The summed E-state index contributed by atoms with van der Waals surface area (Å²) in [5, 5.41) is 26.3. The fourth-order valence-corrected chi connectivity index (χ4v) is 2.51. The molecule has 1 unspecified atom stereocenters. The number of hydrogen-bond acceptors (Lipinski definition) is 6. The van der Waals surface area contributed by atoms with Crippen LogP contribution in [0, 0.1) is 10.1 Å². The van der Waals surface area contributed by atoms with Gasteiger partial charge in [0.2, 0.25) is 0 Å². The smallest absolute Gasteiger partial charge is 0.280 e. The molecule has 142 valence electrons. The molecule has 3 aromatic rings. The van der Waals surface area contributed by atoms with E-state index in [-0.39, 0.29) is 17.0 Å². The van der Waals surface area contributed by atoms with Gasteiger partial charge in [0.05, 0.1) is 11.1 Å². The molecule has 3 rings (SSSR count). The maximum absolute atomic E-state index is 12.1. The van der Waals surface area contributed by atoms with E-state index in [1.165, 1.54) is 12.1 Å². The number of benzene rings is 3. The number of hydrazone groups is 1. The summed E-state index contributed by atoms with van der Waals surface area (Å²) in [5.41, 5.74) is 2.20. The lowest BCUT2D eigenvalue weighted by atomic mass is 10.1. The molecule has 8 nitrogen and oxygen atoms in total. The SMILES string of the molecule is CC(Oc1ccc2ccccc2c1)C(=O)N/N=C\c1cc([N+](=O)[O-])ccc1O. The van der Waals surface area contributed by atoms with E-state index in [1.807, 2.05) is 36.4 Å². The second kappa shape index (κ2) is 8.17. The molecular weight excluding hydrogens is 362 g/mol. The van der Waals surface area contributed by atoms with Crippen LogP contribution in [0.15, 0.2) is 65.8 Å². The maximum atomic E-state index is 12.1. The standard InChI is InChI=1S/C20H17N3O5/c1-13(28-18-8-6-14-4-2-3-5-15(14)11-18)20(25)22-21-12-16-10-17(23(26)27)7-9-19(16)24/h2-13,24H,1H3,(H,22,25)/b21-12-. The third-order valence-electron chi connectivity index (χ3n) is 4.00. The van der Waals surface area contributed by atoms with Gasteiger partial charge in [-0.05, 0) is 35.9 Å². The van der Waals surface area contributed by atoms with Gasteiger partial charge >= 0.3 is 0 Å². The monoisotopic (exact) mass is 379 g/mol. The van der Waals surface area contributed by atoms with E-state index in [4.69, 9.17) is 4.74 Å². The highest BCUT2D eigenvalue weighted by atomic mass is 16.6. The lowest BCUT2D eigenvalue weighted by Crippen LogP contribution is -2.33. The Bertz CT molecular complexity index is 1060. The van der Waals surface area contributed by atoms with Gasteiger partial charge in [-0.3, -0.25) is 14.9 Å². The number of nitro groups is 1. The van der Waals surface area contributed by atoms with Crippen LogP contribution in [0.25, 0.3) is 10.8 Å². The number of nitrogens with one attached hydrogen (secondary N) is 1. The number of hydrogen-bond donors (Lipinski definition) is 2. The molecular formula is C20H17N3O5. The minimum absolute atomic E-state index is 0.109. The van der Waals surface area contributed by atoms with E-state index in [2.05, 4.69) is 10.5 Å². The van der Waals surface area contributed by atoms with E-state index in [0.29, 0.717) is 5.75 Å². The molecule has 8 heteroatoms. The van der Waals surface area contributed by atoms with Crippen LogP contribution < -0.4 is 10.2 Å². The van der Waals surface area contributed by atoms with Crippen LogP contribution >= 0.6 is 0 Å². The number of ether oxygens (including phenoxy) is 1. The zero-order valence-corrected chi connectivity index (χ0v) is 14.9. The molecule has 28 heavy (non-hydrogen) atoms. The van der Waals surface area contributed by atoms with Crippen LogP contribution in [-0.4, -0.2) is 28.3 Å². The molecule has 3 aromatic carbocycles. The molecule has 0 radical (unpaired) electrons. The Labute approximate surface area is 160 Å². The van der Waals surface area contributed by atoms with Crippen LogP contribution in [0.3, 0.4) is 0 Å². The minimum atomic E-state index is -0.822. The zero-order valence-electron chi connectivity index (χ0n) is 14.9. The summed E-state index contributed by atoms with van der Waals surface area (Å²) in [6, 6.07) is 16.8. The quantitative estimate of drug-likeness (QED) is 0.387. The van der Waals surface area contributed by atoms with E-state index in [1.54, 1.807) is 13.0 Å². The van der Waals surface area contributed by atoms with Gasteiger partial charge in [0.15, 0.2) is 6.10 Å². The number of nitro benzene ring substituents is 1. The van der Waals surface area contributed by atoms with Gasteiger partial charge in [0.1, 0.15) is 11.5 Å². The van der Waals surface area contributed by atoms with Gasteiger partial charge < -0.3 is 9.84 Å². The fraction of sp³-hybridized carbons (Fsp3) is 0.100. The summed E-state index contributed by atoms with van der Waals surface area (Å²) in [4.78, 5) is 22.3.